The molecule has 1 aliphatic rings. The van der Waals surface area contributed by atoms with Gasteiger partial charge in [0, 0.05) is 22.5 Å². The first-order valence-corrected chi connectivity index (χ1v) is 23.6. The minimum Gasteiger partial charge on any atom is -0.311 e. The number of anilines is 3. The Labute approximate surface area is 399 Å². The number of hydrogen-bond acceptors (Lipinski definition) is 1. The smallest absolute Gasteiger partial charge is 0.0462 e. The topological polar surface area (TPSA) is 3.24 Å². The van der Waals surface area contributed by atoms with E-state index in [4.69, 9.17) is 0 Å². The summed E-state index contributed by atoms with van der Waals surface area (Å²) in [5.74, 6) is 0. The molecule has 0 amide bonds. The van der Waals surface area contributed by atoms with Crippen molar-refractivity contribution in [2.75, 3.05) is 4.90 Å². The molecule has 11 aromatic carbocycles. The monoisotopic (exact) mass is 867 g/mol. The highest BCUT2D eigenvalue weighted by atomic mass is 15.1. The second-order valence-corrected chi connectivity index (χ2v) is 18.5. The molecule has 0 saturated heterocycles. The van der Waals surface area contributed by atoms with Crippen LogP contribution in [-0.2, 0) is 5.41 Å². The van der Waals surface area contributed by atoms with Crippen molar-refractivity contribution in [2.24, 2.45) is 0 Å². The lowest BCUT2D eigenvalue weighted by Crippen LogP contribution is -2.16. The lowest BCUT2D eigenvalue weighted by molar-refractivity contribution is 0.662. The van der Waals surface area contributed by atoms with Crippen LogP contribution >= 0.6 is 0 Å². The van der Waals surface area contributed by atoms with Crippen LogP contribution in [0.2, 0.25) is 0 Å². The summed E-state index contributed by atoms with van der Waals surface area (Å²) in [6.07, 6.45) is 0. The molecule has 0 fully saturated rings. The van der Waals surface area contributed by atoms with Crippen LogP contribution in [0.25, 0.3) is 88.7 Å². The van der Waals surface area contributed by atoms with Gasteiger partial charge in [0.1, 0.15) is 0 Å². The van der Waals surface area contributed by atoms with Crippen LogP contribution in [0.3, 0.4) is 0 Å². The number of nitrogens with zero attached hydrogens (tertiary/aromatic N) is 1. The SMILES string of the molecule is CC1(C)c2ccccc2-c2cccc(-c3ccc(N(c4ccc(-c5ccc(-c6ccccc6)cc5)cc4)c4ccc(-c5ccc(-c6cccc(-c7ccc8ccccc8c7)c6)cc5)cc4)cc3)c21. The van der Waals surface area contributed by atoms with Crippen molar-refractivity contribution in [2.45, 2.75) is 19.3 Å². The van der Waals surface area contributed by atoms with Gasteiger partial charge in [-0.25, -0.2) is 0 Å². The molecule has 322 valence electrons. The summed E-state index contributed by atoms with van der Waals surface area (Å²) >= 11 is 0. The van der Waals surface area contributed by atoms with Gasteiger partial charge in [0.2, 0.25) is 0 Å². The van der Waals surface area contributed by atoms with Gasteiger partial charge in [-0.3, -0.25) is 0 Å². The normalized spacial score (nSPS) is 12.4. The van der Waals surface area contributed by atoms with Gasteiger partial charge >= 0.3 is 0 Å². The quantitative estimate of drug-likeness (QED) is 0.140. The minimum absolute atomic E-state index is 0.0948. The third kappa shape index (κ3) is 7.49. The van der Waals surface area contributed by atoms with Crippen LogP contribution in [0.15, 0.2) is 261 Å². The highest BCUT2D eigenvalue weighted by Gasteiger charge is 2.37. The van der Waals surface area contributed by atoms with Crippen molar-refractivity contribution in [3.63, 3.8) is 0 Å². The van der Waals surface area contributed by atoms with Gasteiger partial charge in [-0.2, -0.15) is 0 Å². The van der Waals surface area contributed by atoms with Crippen molar-refractivity contribution >= 4 is 27.8 Å². The second kappa shape index (κ2) is 17.0. The number of hydrogen-bond donors (Lipinski definition) is 0. The molecule has 68 heavy (non-hydrogen) atoms. The van der Waals surface area contributed by atoms with E-state index in [9.17, 15) is 0 Å². The van der Waals surface area contributed by atoms with Crippen LogP contribution in [0.5, 0.6) is 0 Å². The molecule has 11 aromatic rings. The van der Waals surface area contributed by atoms with E-state index in [1.54, 1.807) is 0 Å². The first-order valence-electron chi connectivity index (χ1n) is 23.6. The lowest BCUT2D eigenvalue weighted by Gasteiger charge is -2.27. The zero-order chi connectivity index (χ0) is 45.6. The predicted octanol–water partition coefficient (Wildman–Crippen LogP) is 18.6. The highest BCUT2D eigenvalue weighted by Crippen LogP contribution is 2.52. The minimum atomic E-state index is -0.0948. The van der Waals surface area contributed by atoms with Gasteiger partial charge in [-0.05, 0) is 148 Å². The van der Waals surface area contributed by atoms with Crippen LogP contribution < -0.4 is 4.90 Å². The molecule has 0 atom stereocenters. The Morgan fingerprint density at radius 1 is 0.250 bits per heavy atom. The molecule has 0 radical (unpaired) electrons. The molecular formula is C67H49N. The largest absolute Gasteiger partial charge is 0.311 e. The fourth-order valence-electron chi connectivity index (χ4n) is 10.5. The van der Waals surface area contributed by atoms with Gasteiger partial charge in [0.15, 0.2) is 0 Å². The molecule has 12 rings (SSSR count). The van der Waals surface area contributed by atoms with Gasteiger partial charge < -0.3 is 4.90 Å². The Bertz CT molecular complexity index is 3580. The summed E-state index contributed by atoms with van der Waals surface area (Å²) < 4.78 is 0. The van der Waals surface area contributed by atoms with E-state index in [2.05, 4.69) is 280 Å². The zero-order valence-corrected chi connectivity index (χ0v) is 38.3. The third-order valence-corrected chi connectivity index (χ3v) is 14.1. The van der Waals surface area contributed by atoms with E-state index < -0.39 is 0 Å². The molecule has 0 unspecified atom stereocenters. The molecule has 0 aliphatic heterocycles. The van der Waals surface area contributed by atoms with Crippen molar-refractivity contribution in [3.8, 4) is 77.9 Å². The first kappa shape index (κ1) is 40.9. The zero-order valence-electron chi connectivity index (χ0n) is 38.3. The van der Waals surface area contributed by atoms with E-state index in [0.717, 1.165) is 17.1 Å². The summed E-state index contributed by atoms with van der Waals surface area (Å²) in [6, 6.07) is 95.4. The number of benzene rings is 11. The number of rotatable bonds is 9. The maximum atomic E-state index is 2.37. The van der Waals surface area contributed by atoms with Gasteiger partial charge in [-0.15, -0.1) is 0 Å². The fourth-order valence-corrected chi connectivity index (χ4v) is 10.5. The van der Waals surface area contributed by atoms with E-state index in [0.29, 0.717) is 0 Å². The van der Waals surface area contributed by atoms with Crippen LogP contribution in [0.4, 0.5) is 17.1 Å². The van der Waals surface area contributed by atoms with E-state index >= 15 is 0 Å². The highest BCUT2D eigenvalue weighted by molar-refractivity contribution is 5.90. The predicted molar refractivity (Wildman–Crippen MR) is 289 cm³/mol. The summed E-state index contributed by atoms with van der Waals surface area (Å²) in [5.41, 5.74) is 23.2. The van der Waals surface area contributed by atoms with Crippen molar-refractivity contribution < 1.29 is 0 Å². The van der Waals surface area contributed by atoms with Crippen molar-refractivity contribution in [1.29, 1.82) is 0 Å². The molecule has 1 heteroatoms. The van der Waals surface area contributed by atoms with Gasteiger partial charge in [0.25, 0.3) is 0 Å². The maximum Gasteiger partial charge on any atom is 0.0462 e. The van der Waals surface area contributed by atoms with Crippen molar-refractivity contribution in [1.82, 2.24) is 0 Å². The Kier molecular flexibility index (Phi) is 10.3. The van der Waals surface area contributed by atoms with Crippen molar-refractivity contribution in [3.05, 3.63) is 272 Å². The second-order valence-electron chi connectivity index (χ2n) is 18.5. The maximum absolute atomic E-state index is 2.37. The Morgan fingerprint density at radius 2 is 0.618 bits per heavy atom. The van der Waals surface area contributed by atoms with Crippen LogP contribution in [0, 0.1) is 0 Å². The summed E-state index contributed by atoms with van der Waals surface area (Å²) in [6.45, 7) is 4.73. The summed E-state index contributed by atoms with van der Waals surface area (Å²) in [4.78, 5) is 2.37. The average molecular weight is 868 g/mol. The number of fused-ring (bicyclic) bond motifs is 4. The molecule has 0 N–H and O–H groups in total. The van der Waals surface area contributed by atoms with E-state index in [1.165, 1.54) is 99.8 Å². The Morgan fingerprint density at radius 3 is 1.21 bits per heavy atom. The van der Waals surface area contributed by atoms with Crippen LogP contribution in [0.1, 0.15) is 25.0 Å². The van der Waals surface area contributed by atoms with Gasteiger partial charge in [0.05, 0.1) is 0 Å². The van der Waals surface area contributed by atoms with E-state index in [-0.39, 0.29) is 5.41 Å². The van der Waals surface area contributed by atoms with Gasteiger partial charge in [-0.1, -0.05) is 226 Å². The fraction of sp³-hybridized carbons (Fsp3) is 0.0448. The molecule has 1 nitrogen and oxygen atoms in total. The molecular weight excluding hydrogens is 819 g/mol. The summed E-state index contributed by atoms with van der Waals surface area (Å²) in [5, 5.41) is 2.52. The molecule has 0 aromatic heterocycles. The lowest BCUT2D eigenvalue weighted by atomic mass is 9.79. The molecule has 0 bridgehead atoms. The average Bonchev–Trinajstić information content (AvgIpc) is 3.65. The van der Waals surface area contributed by atoms with E-state index in [1.807, 2.05) is 0 Å². The molecule has 1 aliphatic carbocycles. The Hall–Kier alpha value is -8.52. The standard InChI is InChI=1S/C67H49N/c1-67(2)65-21-9-8-18-63(65)64-20-11-19-62(66(64)67)54-36-42-61(43-37-54)68(59-38-32-51(33-39-59)49-24-22-48(23-25-49)46-12-4-3-5-13-46)60-40-34-52(35-41-60)50-26-28-53(29-27-50)56-16-10-17-57(44-56)58-31-30-47-14-6-7-15-55(47)45-58/h3-45H,1-2H3. The Balaban J connectivity index is 0.854. The first-order chi connectivity index (χ1) is 33.4. The summed E-state index contributed by atoms with van der Waals surface area (Å²) in [7, 11) is 0. The molecule has 0 spiro atoms. The van der Waals surface area contributed by atoms with Crippen LogP contribution in [-0.4, -0.2) is 0 Å². The molecule has 0 heterocycles. The third-order valence-electron chi connectivity index (χ3n) is 14.1. The molecule has 0 saturated carbocycles.